The highest BCUT2D eigenvalue weighted by Gasteiger charge is 2.20. The van der Waals surface area contributed by atoms with Gasteiger partial charge in [0, 0.05) is 0 Å². The van der Waals surface area contributed by atoms with E-state index in [1.165, 1.54) is 315 Å². The summed E-state index contributed by atoms with van der Waals surface area (Å²) in [7, 11) is 0. The Balaban J connectivity index is 3.50. The number of hydrogen-bond donors (Lipinski definition) is 4. The molecule has 5 nitrogen and oxygen atoms in total. The summed E-state index contributed by atoms with van der Waals surface area (Å²) >= 11 is 0. The molecule has 0 aromatic carbocycles. The van der Waals surface area contributed by atoms with Gasteiger partial charge < -0.3 is 20.6 Å². The lowest BCUT2D eigenvalue weighted by molar-refractivity contribution is -0.124. The number of nitrogens with one attached hydrogen (secondary N) is 1. The molecule has 3 unspecified atom stereocenters. The van der Waals surface area contributed by atoms with Gasteiger partial charge in [0.05, 0.1) is 31.3 Å². The fourth-order valence-corrected chi connectivity index (χ4v) is 10.7. The average Bonchev–Trinajstić information content (AvgIpc) is 3.38. The first-order valence-corrected chi connectivity index (χ1v) is 33.1. The molecule has 0 aromatic heterocycles. The molecule has 0 aliphatic carbocycles. The average molecular weight is 1010 g/mol. The van der Waals surface area contributed by atoms with E-state index in [-0.39, 0.29) is 18.9 Å². The highest BCUT2D eigenvalue weighted by atomic mass is 16.3. The Hall–Kier alpha value is -1.17. The van der Waals surface area contributed by atoms with Crippen LogP contribution in [-0.4, -0.2) is 46.1 Å². The smallest absolute Gasteiger partial charge is 0.222 e. The SMILES string of the molecule is CCCCCCCCCCCCCCCCCCCC/C=C/CC/C=C/C(O)C(CO)NC(=O)CC(O)CCCCCCCCCCCCCCCCCCCCCCCCCCCCCCCCCCC. The van der Waals surface area contributed by atoms with Crippen LogP contribution < -0.4 is 5.32 Å². The Morgan fingerprint density at radius 3 is 0.889 bits per heavy atom. The maximum absolute atomic E-state index is 12.6. The number of carbonyl (C=O) groups is 1. The maximum Gasteiger partial charge on any atom is 0.222 e. The third kappa shape index (κ3) is 58.1. The van der Waals surface area contributed by atoms with Crippen molar-refractivity contribution in [2.75, 3.05) is 6.61 Å². The van der Waals surface area contributed by atoms with Crippen LogP contribution in [0.3, 0.4) is 0 Å². The van der Waals surface area contributed by atoms with Crippen molar-refractivity contribution >= 4 is 5.91 Å². The normalized spacial score (nSPS) is 13.2. The van der Waals surface area contributed by atoms with Gasteiger partial charge in [0.25, 0.3) is 0 Å². The standard InChI is InChI=1S/C67H131NO4/c1-3-5-7-9-11-13-15-17-19-21-23-25-27-29-30-31-32-33-34-35-36-37-38-40-42-44-46-48-50-52-54-56-58-60-64(70)62-67(72)68-65(63-69)66(71)61-59-57-55-53-51-49-47-45-43-41-39-28-26-24-22-20-18-16-14-12-10-8-6-4-2/h51,53,59,61,64-66,69-71H,3-50,52,54-58,60,62-63H2,1-2H3,(H,68,72)/b53-51+,61-59+. The number of unbranched alkanes of at least 4 members (excludes halogenated alkanes) is 51. The van der Waals surface area contributed by atoms with Crippen LogP contribution in [0, 0.1) is 0 Å². The second-order valence-electron chi connectivity index (χ2n) is 23.1. The van der Waals surface area contributed by atoms with Gasteiger partial charge >= 0.3 is 0 Å². The number of rotatable bonds is 62. The Bertz CT molecular complexity index is 1080. The lowest BCUT2D eigenvalue weighted by Crippen LogP contribution is -2.45. The molecule has 5 heteroatoms. The molecule has 0 aliphatic heterocycles. The van der Waals surface area contributed by atoms with E-state index in [9.17, 15) is 20.1 Å². The van der Waals surface area contributed by atoms with Gasteiger partial charge in [0.1, 0.15) is 0 Å². The Kier molecular flexibility index (Phi) is 61.4. The molecule has 0 heterocycles. The molecule has 0 rings (SSSR count). The van der Waals surface area contributed by atoms with Crippen LogP contribution in [0.25, 0.3) is 0 Å². The first-order chi connectivity index (χ1) is 35.5. The third-order valence-corrected chi connectivity index (χ3v) is 15.7. The molecule has 0 bridgehead atoms. The van der Waals surface area contributed by atoms with Crippen molar-refractivity contribution in [2.45, 2.75) is 392 Å². The predicted octanol–water partition coefficient (Wildman–Crippen LogP) is 21.2. The number of aliphatic hydroxyl groups is 3. The highest BCUT2D eigenvalue weighted by Crippen LogP contribution is 2.19. The number of carbonyl (C=O) groups excluding carboxylic acids is 1. The summed E-state index contributed by atoms with van der Waals surface area (Å²) in [5.41, 5.74) is 0. The molecule has 1 amide bonds. The van der Waals surface area contributed by atoms with Crippen LogP contribution in [-0.2, 0) is 4.79 Å². The number of hydrogen-bond acceptors (Lipinski definition) is 4. The number of amides is 1. The monoisotopic (exact) mass is 1010 g/mol. The first kappa shape index (κ1) is 70.8. The summed E-state index contributed by atoms with van der Waals surface area (Å²) in [4.78, 5) is 12.6. The van der Waals surface area contributed by atoms with E-state index in [1.807, 2.05) is 6.08 Å². The van der Waals surface area contributed by atoms with Gasteiger partial charge in [-0.15, -0.1) is 0 Å². The molecule has 0 saturated heterocycles. The van der Waals surface area contributed by atoms with Crippen molar-refractivity contribution in [3.05, 3.63) is 24.3 Å². The van der Waals surface area contributed by atoms with E-state index >= 15 is 0 Å². The zero-order valence-electron chi connectivity index (χ0n) is 49.1. The maximum atomic E-state index is 12.6. The summed E-state index contributed by atoms with van der Waals surface area (Å²) in [6, 6.07) is -0.760. The molecule has 4 N–H and O–H groups in total. The van der Waals surface area contributed by atoms with E-state index in [4.69, 9.17) is 0 Å². The van der Waals surface area contributed by atoms with E-state index in [0.717, 1.165) is 32.1 Å². The summed E-state index contributed by atoms with van der Waals surface area (Å²) in [5.74, 6) is -0.317. The predicted molar refractivity (Wildman–Crippen MR) is 319 cm³/mol. The third-order valence-electron chi connectivity index (χ3n) is 15.7. The molecular formula is C67H131NO4. The summed E-state index contributed by atoms with van der Waals surface area (Å²) in [5, 5.41) is 33.6. The molecule has 0 saturated carbocycles. The van der Waals surface area contributed by atoms with E-state index < -0.39 is 18.2 Å². The minimum atomic E-state index is -0.951. The Morgan fingerprint density at radius 2 is 0.597 bits per heavy atom. The van der Waals surface area contributed by atoms with E-state index in [0.29, 0.717) is 6.42 Å². The number of aliphatic hydroxyl groups excluding tert-OH is 3. The van der Waals surface area contributed by atoms with Crippen molar-refractivity contribution in [3.63, 3.8) is 0 Å². The zero-order valence-corrected chi connectivity index (χ0v) is 49.1. The van der Waals surface area contributed by atoms with Crippen molar-refractivity contribution in [1.82, 2.24) is 5.32 Å². The van der Waals surface area contributed by atoms with Gasteiger partial charge in [0.2, 0.25) is 5.91 Å². The summed E-state index contributed by atoms with van der Waals surface area (Å²) in [6.45, 7) is 4.25. The van der Waals surface area contributed by atoms with Crippen molar-refractivity contribution in [2.24, 2.45) is 0 Å². The fraction of sp³-hybridized carbons (Fsp3) is 0.925. The topological polar surface area (TPSA) is 89.8 Å². The van der Waals surface area contributed by atoms with E-state index in [1.54, 1.807) is 6.08 Å². The molecule has 0 spiro atoms. The quantitative estimate of drug-likeness (QED) is 0.0361. The molecule has 0 aliphatic rings. The summed E-state index contributed by atoms with van der Waals surface area (Å²) in [6.07, 6.45) is 81.4. The van der Waals surface area contributed by atoms with Gasteiger partial charge in [-0.25, -0.2) is 0 Å². The lowest BCUT2D eigenvalue weighted by Gasteiger charge is -2.21. The van der Waals surface area contributed by atoms with Gasteiger partial charge in [-0.1, -0.05) is 359 Å². The van der Waals surface area contributed by atoms with Crippen LogP contribution in [0.4, 0.5) is 0 Å². The van der Waals surface area contributed by atoms with Crippen LogP contribution >= 0.6 is 0 Å². The van der Waals surface area contributed by atoms with Crippen molar-refractivity contribution in [1.29, 1.82) is 0 Å². The van der Waals surface area contributed by atoms with Gasteiger partial charge in [-0.05, 0) is 32.1 Å². The largest absolute Gasteiger partial charge is 0.394 e. The van der Waals surface area contributed by atoms with E-state index in [2.05, 4.69) is 31.3 Å². The molecule has 428 valence electrons. The van der Waals surface area contributed by atoms with Gasteiger partial charge in [0.15, 0.2) is 0 Å². The minimum Gasteiger partial charge on any atom is -0.394 e. The molecule has 72 heavy (non-hydrogen) atoms. The van der Waals surface area contributed by atoms with Crippen molar-refractivity contribution in [3.8, 4) is 0 Å². The highest BCUT2D eigenvalue weighted by molar-refractivity contribution is 5.76. The van der Waals surface area contributed by atoms with Crippen LogP contribution in [0.5, 0.6) is 0 Å². The van der Waals surface area contributed by atoms with Gasteiger partial charge in [-0.2, -0.15) is 0 Å². The van der Waals surface area contributed by atoms with Crippen LogP contribution in [0.2, 0.25) is 0 Å². The number of allylic oxidation sites excluding steroid dienone is 3. The molecular weight excluding hydrogens is 883 g/mol. The fourth-order valence-electron chi connectivity index (χ4n) is 10.7. The summed E-state index contributed by atoms with van der Waals surface area (Å²) < 4.78 is 0. The lowest BCUT2D eigenvalue weighted by atomic mass is 10.0. The second kappa shape index (κ2) is 62.4. The molecule has 0 fully saturated rings. The van der Waals surface area contributed by atoms with Crippen molar-refractivity contribution < 1.29 is 20.1 Å². The van der Waals surface area contributed by atoms with Crippen LogP contribution in [0.1, 0.15) is 373 Å². The van der Waals surface area contributed by atoms with Gasteiger partial charge in [-0.3, -0.25) is 4.79 Å². The molecule has 0 radical (unpaired) electrons. The second-order valence-corrected chi connectivity index (χ2v) is 23.1. The Labute approximate surface area is 452 Å². The van der Waals surface area contributed by atoms with Crippen LogP contribution in [0.15, 0.2) is 24.3 Å². The minimum absolute atomic E-state index is 0.0108. The zero-order chi connectivity index (χ0) is 52.2. The Morgan fingerprint density at radius 1 is 0.347 bits per heavy atom. The molecule has 3 atom stereocenters. The first-order valence-electron chi connectivity index (χ1n) is 33.1. The molecule has 0 aromatic rings.